The van der Waals surface area contributed by atoms with E-state index in [1.165, 1.54) is 6.20 Å². The number of nitrogens with zero attached hydrogens (tertiary/aromatic N) is 3. The first-order valence-corrected chi connectivity index (χ1v) is 5.97. The van der Waals surface area contributed by atoms with Crippen LogP contribution in [0.25, 0.3) is 22.0 Å². The van der Waals surface area contributed by atoms with Crippen LogP contribution in [-0.4, -0.2) is 21.2 Å². The molecule has 3 rings (SSSR count). The Balaban J connectivity index is 2.21. The Labute approximate surface area is 123 Å². The van der Waals surface area contributed by atoms with Crippen molar-refractivity contribution in [3.05, 3.63) is 53.7 Å². The Hall–Kier alpha value is -2.76. The zero-order valence-electron chi connectivity index (χ0n) is 13.6. The smallest absolute Gasteiger partial charge is 0.135 e. The van der Waals surface area contributed by atoms with Gasteiger partial charge in [0.1, 0.15) is 11.6 Å². The largest absolute Gasteiger partial charge is 0.411 e. The minimum absolute atomic E-state index is 0.218. The van der Waals surface area contributed by atoms with Crippen LogP contribution in [0.1, 0.15) is 9.68 Å². The number of hydrogen-bond acceptors (Lipinski definition) is 3. The van der Waals surface area contributed by atoms with Crippen LogP contribution in [0.5, 0.6) is 0 Å². The highest BCUT2D eigenvalue weighted by atomic mass is 19.1. The number of rotatable bonds is 2. The van der Waals surface area contributed by atoms with Gasteiger partial charge in [0.2, 0.25) is 0 Å². The van der Waals surface area contributed by atoms with Gasteiger partial charge in [-0.25, -0.2) is 8.78 Å². The van der Waals surface area contributed by atoms with Crippen molar-refractivity contribution in [2.24, 2.45) is 12.1 Å². The zero-order valence-corrected chi connectivity index (χ0v) is 10.6. The summed E-state index contributed by atoms with van der Waals surface area (Å²) in [4.78, 5) is 0. The summed E-state index contributed by atoms with van der Waals surface area (Å²) in [5, 5.41) is 15.5. The fraction of sp³-hybridized carbons (Fsp3) is 0.0667. The first-order valence-electron chi connectivity index (χ1n) is 7.47. The summed E-state index contributed by atoms with van der Waals surface area (Å²) in [6.07, 6.45) is 1.98. The second-order valence-electron chi connectivity index (χ2n) is 4.41. The lowest BCUT2D eigenvalue weighted by molar-refractivity contribution is 0.321. The molecule has 0 spiro atoms. The fourth-order valence-electron chi connectivity index (χ4n) is 2.22. The molecular weight excluding hydrogens is 276 g/mol. The van der Waals surface area contributed by atoms with Crippen molar-refractivity contribution in [1.82, 2.24) is 9.78 Å². The maximum Gasteiger partial charge on any atom is 0.135 e. The molecule has 1 heterocycles. The minimum atomic E-state index is -2.45. The molecule has 3 aromatic rings. The molecule has 0 radical (unpaired) electrons. The Morgan fingerprint density at radius 2 is 2.10 bits per heavy atom. The highest BCUT2D eigenvalue weighted by Crippen LogP contribution is 2.30. The van der Waals surface area contributed by atoms with Gasteiger partial charge in [-0.2, -0.15) is 5.10 Å². The number of halogens is 2. The van der Waals surface area contributed by atoms with E-state index in [1.54, 1.807) is 18.2 Å². The first kappa shape index (κ1) is 10.0. The molecule has 0 saturated heterocycles. The molecule has 0 aliphatic rings. The van der Waals surface area contributed by atoms with Crippen LogP contribution in [0, 0.1) is 11.6 Å². The monoisotopic (exact) mass is 290 g/mol. The lowest BCUT2D eigenvalue weighted by Gasteiger charge is -2.06. The van der Waals surface area contributed by atoms with Crippen LogP contribution in [0.4, 0.5) is 8.78 Å². The van der Waals surface area contributed by atoms with E-state index >= 15 is 0 Å². The Bertz CT molecular complexity index is 928. The number of oxime groups is 1. The zero-order chi connectivity index (χ0) is 17.5. The molecule has 0 saturated carbocycles. The average Bonchev–Trinajstić information content (AvgIpc) is 2.95. The van der Waals surface area contributed by atoms with Gasteiger partial charge in [-0.15, -0.1) is 0 Å². The number of fused-ring (bicyclic) bond motifs is 1. The lowest BCUT2D eigenvalue weighted by Crippen LogP contribution is -1.95. The number of hydrogen-bond donors (Lipinski definition) is 1. The number of benzene rings is 2. The Kier molecular flexibility index (Phi) is 2.38. The van der Waals surface area contributed by atoms with Gasteiger partial charge < -0.3 is 5.21 Å². The van der Waals surface area contributed by atoms with Crippen LogP contribution in [-0.2, 0) is 6.98 Å². The maximum atomic E-state index is 14.0. The van der Waals surface area contributed by atoms with Gasteiger partial charge in [0.15, 0.2) is 0 Å². The molecule has 106 valence electrons. The quantitative estimate of drug-likeness (QED) is 0.447. The molecule has 0 fully saturated rings. The molecule has 0 atom stereocenters. The van der Waals surface area contributed by atoms with Crippen LogP contribution in [0.3, 0.4) is 0 Å². The number of aromatic nitrogens is 2. The van der Waals surface area contributed by atoms with Crippen LogP contribution in [0.15, 0.2) is 41.7 Å². The van der Waals surface area contributed by atoms with E-state index in [1.807, 2.05) is 0 Å². The third-order valence-corrected chi connectivity index (χ3v) is 3.13. The summed E-state index contributed by atoms with van der Waals surface area (Å²) >= 11 is 0. The second kappa shape index (κ2) is 4.97. The molecule has 4 nitrogen and oxygen atoms in total. The predicted molar refractivity (Wildman–Crippen MR) is 75.4 cm³/mol. The van der Waals surface area contributed by atoms with E-state index in [0.717, 1.165) is 16.8 Å². The molecule has 0 unspecified atom stereocenters. The third kappa shape index (κ3) is 2.24. The standard InChI is InChI=1S/C15H11F2N3O/c1-20-8-12-10(3-2-4-15(12)19-20)9-5-13(16)11(7-18-21)14(17)6-9/h2-8,21H,1H3/b18-7-/i1D3. The molecular formula is C15H11F2N3O. The summed E-state index contributed by atoms with van der Waals surface area (Å²) in [6, 6.07) is 7.01. The first-order chi connectivity index (χ1) is 11.3. The molecule has 2 aromatic carbocycles. The van der Waals surface area contributed by atoms with Gasteiger partial charge in [0, 0.05) is 22.7 Å². The van der Waals surface area contributed by atoms with E-state index < -0.39 is 24.2 Å². The van der Waals surface area contributed by atoms with E-state index in [9.17, 15) is 8.78 Å². The van der Waals surface area contributed by atoms with Crippen molar-refractivity contribution >= 4 is 17.1 Å². The van der Waals surface area contributed by atoms with E-state index in [2.05, 4.69) is 10.3 Å². The summed E-state index contributed by atoms with van der Waals surface area (Å²) in [5.41, 5.74) is 0.584. The van der Waals surface area contributed by atoms with E-state index in [0.29, 0.717) is 22.7 Å². The van der Waals surface area contributed by atoms with Crippen molar-refractivity contribution < 1.29 is 18.1 Å². The molecule has 0 bridgehead atoms. The van der Waals surface area contributed by atoms with Crippen LogP contribution in [0.2, 0.25) is 0 Å². The molecule has 1 N–H and O–H groups in total. The normalized spacial score (nSPS) is 14.3. The van der Waals surface area contributed by atoms with Crippen molar-refractivity contribution in [3.63, 3.8) is 0 Å². The van der Waals surface area contributed by atoms with Crippen LogP contribution >= 0.6 is 0 Å². The summed E-state index contributed by atoms with van der Waals surface area (Å²) in [5.74, 6) is -1.80. The summed E-state index contributed by atoms with van der Waals surface area (Å²) < 4.78 is 51.1. The SMILES string of the molecule is [2H]C([2H])([2H])n1cc2c(-c3cc(F)c(/C=N\O)c(F)c3)cccc2n1. The van der Waals surface area contributed by atoms with Gasteiger partial charge in [0.05, 0.1) is 17.3 Å². The topological polar surface area (TPSA) is 50.4 Å². The lowest BCUT2D eigenvalue weighted by atomic mass is 10.00. The number of aryl methyl sites for hydroxylation is 1. The van der Waals surface area contributed by atoms with Crippen molar-refractivity contribution in [2.75, 3.05) is 0 Å². The van der Waals surface area contributed by atoms with Crippen molar-refractivity contribution in [3.8, 4) is 11.1 Å². The molecule has 21 heavy (non-hydrogen) atoms. The van der Waals surface area contributed by atoms with E-state index in [-0.39, 0.29) is 5.56 Å². The molecule has 0 aliphatic heterocycles. The highest BCUT2D eigenvalue weighted by molar-refractivity contribution is 5.95. The summed E-state index contributed by atoms with van der Waals surface area (Å²) in [6.45, 7) is -2.45. The molecule has 0 aliphatic carbocycles. The van der Waals surface area contributed by atoms with Gasteiger partial charge in [-0.3, -0.25) is 4.68 Å². The fourth-order valence-corrected chi connectivity index (χ4v) is 2.22. The summed E-state index contributed by atoms with van der Waals surface area (Å²) in [7, 11) is 0. The molecule has 1 aromatic heterocycles. The highest BCUT2D eigenvalue weighted by Gasteiger charge is 2.13. The van der Waals surface area contributed by atoms with E-state index in [4.69, 9.17) is 9.32 Å². The second-order valence-corrected chi connectivity index (χ2v) is 4.41. The third-order valence-electron chi connectivity index (χ3n) is 3.13. The van der Waals surface area contributed by atoms with Gasteiger partial charge >= 0.3 is 0 Å². The predicted octanol–water partition coefficient (Wildman–Crippen LogP) is 3.33. The van der Waals surface area contributed by atoms with Crippen molar-refractivity contribution in [1.29, 1.82) is 0 Å². The molecule has 6 heteroatoms. The van der Waals surface area contributed by atoms with Gasteiger partial charge in [-0.05, 0) is 29.3 Å². The van der Waals surface area contributed by atoms with Crippen molar-refractivity contribution in [2.45, 2.75) is 0 Å². The minimum Gasteiger partial charge on any atom is -0.411 e. The van der Waals surface area contributed by atoms with Gasteiger partial charge in [-0.1, -0.05) is 17.3 Å². The Morgan fingerprint density at radius 3 is 2.76 bits per heavy atom. The average molecular weight is 290 g/mol. The van der Waals surface area contributed by atoms with Gasteiger partial charge in [0.25, 0.3) is 0 Å². The maximum absolute atomic E-state index is 14.0. The van der Waals surface area contributed by atoms with Crippen LogP contribution < -0.4 is 0 Å². The Morgan fingerprint density at radius 1 is 1.33 bits per heavy atom. The molecule has 0 amide bonds.